The van der Waals surface area contributed by atoms with Crippen molar-refractivity contribution in [2.45, 2.75) is 70.7 Å². The fourth-order valence-corrected chi connectivity index (χ4v) is 4.36. The van der Waals surface area contributed by atoms with Gasteiger partial charge < -0.3 is 48.3 Å². The maximum atomic E-state index is 12.6. The normalized spacial score (nSPS) is 19.8. The summed E-state index contributed by atoms with van der Waals surface area (Å²) in [4.78, 5) is 61.5. The molecule has 2 atom stereocenters. The molecule has 0 spiro atoms. The van der Waals surface area contributed by atoms with Crippen molar-refractivity contribution in [3.8, 4) is 0 Å². The van der Waals surface area contributed by atoms with Crippen LogP contribution in [0.2, 0.25) is 0 Å². The Kier molecular flexibility index (Phi) is 8.32. The predicted molar refractivity (Wildman–Crippen MR) is 123 cm³/mol. The fourth-order valence-electron chi connectivity index (χ4n) is 3.62. The number of nitrogen functional groups attached to an aromatic ring is 1. The highest BCUT2D eigenvalue weighted by Crippen LogP contribution is 2.56. The molecule has 0 aromatic carbocycles. The maximum absolute atomic E-state index is 12.6. The van der Waals surface area contributed by atoms with Crippen LogP contribution in [0.4, 0.5) is 15.5 Å². The van der Waals surface area contributed by atoms with Gasteiger partial charge in [0, 0.05) is 0 Å². The zero-order chi connectivity index (χ0) is 27.6. The minimum absolute atomic E-state index is 0.000146. The van der Waals surface area contributed by atoms with Crippen LogP contribution < -0.4 is 15.5 Å². The van der Waals surface area contributed by atoms with Gasteiger partial charge in [-0.3, -0.25) is 0 Å². The van der Waals surface area contributed by atoms with Gasteiger partial charge in [-0.1, -0.05) is 6.92 Å². The van der Waals surface area contributed by atoms with Gasteiger partial charge in [0.15, 0.2) is 11.0 Å². The summed E-state index contributed by atoms with van der Waals surface area (Å²) in [5.74, 6) is -0.250. The van der Waals surface area contributed by atoms with E-state index in [9.17, 15) is 23.9 Å². The first-order valence-electron chi connectivity index (χ1n) is 11.5. The monoisotopic (exact) mass is 543 g/mol. The van der Waals surface area contributed by atoms with Gasteiger partial charge in [0.2, 0.25) is 5.95 Å². The molecule has 2 aromatic heterocycles. The Labute approximate surface area is 212 Å². The van der Waals surface area contributed by atoms with E-state index in [1.54, 1.807) is 39.2 Å². The second kappa shape index (κ2) is 10.8. The van der Waals surface area contributed by atoms with Crippen LogP contribution in [0, 0.1) is 5.92 Å². The van der Waals surface area contributed by atoms with E-state index in [0.29, 0.717) is 17.6 Å². The van der Waals surface area contributed by atoms with Crippen molar-refractivity contribution in [2.24, 2.45) is 5.92 Å². The average molecular weight is 543 g/mol. The van der Waals surface area contributed by atoms with Gasteiger partial charge in [0.25, 0.3) is 0 Å². The van der Waals surface area contributed by atoms with Crippen LogP contribution in [0.15, 0.2) is 12.5 Å². The number of nitrogens with zero attached hydrogens (tertiary/aromatic N) is 4. The predicted octanol–water partition coefficient (Wildman–Crippen LogP) is 0.937. The van der Waals surface area contributed by atoms with Crippen LogP contribution in [0.5, 0.6) is 0 Å². The fraction of sp³-hybridized carbons (Fsp3) is 0.667. The average Bonchev–Trinajstić information content (AvgIpc) is 3.21. The Hall–Kier alpha value is -3.00. The lowest BCUT2D eigenvalue weighted by atomic mass is 10.2. The molecular formula is C21H30N5O10P-2. The molecule has 1 aliphatic carbocycles. The highest BCUT2D eigenvalue weighted by Gasteiger charge is 2.59. The SMILES string of the molecule is CC(C)OC(=O)OCC(COC(=O)OC(C)C)(OC1(Cn2cnc3cnc(N)nc32)CC1C)P(=O)([O-])[O-]. The third kappa shape index (κ3) is 6.86. The van der Waals surface area contributed by atoms with Crippen molar-refractivity contribution in [2.75, 3.05) is 18.9 Å². The van der Waals surface area contributed by atoms with Crippen LogP contribution in [-0.2, 0) is 34.8 Å². The van der Waals surface area contributed by atoms with Crippen molar-refractivity contribution in [3.05, 3.63) is 12.5 Å². The van der Waals surface area contributed by atoms with E-state index >= 15 is 0 Å². The zero-order valence-electron chi connectivity index (χ0n) is 21.1. The van der Waals surface area contributed by atoms with Crippen molar-refractivity contribution >= 4 is 37.0 Å². The summed E-state index contributed by atoms with van der Waals surface area (Å²) < 4.78 is 39.8. The number of rotatable bonds is 11. The molecule has 37 heavy (non-hydrogen) atoms. The number of ether oxygens (including phenoxy) is 5. The summed E-state index contributed by atoms with van der Waals surface area (Å²) in [6.07, 6.45) is -0.429. The van der Waals surface area contributed by atoms with E-state index in [1.807, 2.05) is 0 Å². The Morgan fingerprint density at radius 2 is 1.70 bits per heavy atom. The third-order valence-corrected chi connectivity index (χ3v) is 6.94. The van der Waals surface area contributed by atoms with E-state index in [0.717, 1.165) is 0 Å². The van der Waals surface area contributed by atoms with Crippen molar-refractivity contribution in [1.82, 2.24) is 19.5 Å². The first-order valence-corrected chi connectivity index (χ1v) is 13.0. The van der Waals surface area contributed by atoms with Crippen LogP contribution >= 0.6 is 7.60 Å². The van der Waals surface area contributed by atoms with Gasteiger partial charge >= 0.3 is 12.3 Å². The number of nitrogens with two attached hydrogens (primary N) is 1. The highest BCUT2D eigenvalue weighted by atomic mass is 31.2. The minimum Gasteiger partial charge on any atom is -0.809 e. The molecule has 0 saturated heterocycles. The van der Waals surface area contributed by atoms with Gasteiger partial charge in [-0.05, 0) is 47.6 Å². The van der Waals surface area contributed by atoms with E-state index in [4.69, 9.17) is 29.4 Å². The zero-order valence-corrected chi connectivity index (χ0v) is 22.0. The van der Waals surface area contributed by atoms with Crippen molar-refractivity contribution < 1.29 is 47.6 Å². The van der Waals surface area contributed by atoms with E-state index < -0.39 is 56.3 Å². The molecular weight excluding hydrogens is 513 g/mol. The highest BCUT2D eigenvalue weighted by molar-refractivity contribution is 7.50. The molecule has 1 saturated carbocycles. The molecule has 3 rings (SSSR count). The standard InChI is InChI=1S/C21H32N5O10P/c1-12(2)34-18(27)32-9-21(37(29,30)31,10-33-19(28)35-13(3)4)36-20(6-14(20)5)8-26-11-24-15-7-23-17(22)25-16(15)26/h7,11-14H,6,8-10H2,1-5H3,(H2,22,23,25)(H2,29,30,31)/p-2. The summed E-state index contributed by atoms with van der Waals surface area (Å²) in [6.45, 7) is 5.80. The minimum atomic E-state index is -5.77. The number of hydrogen-bond acceptors (Lipinski definition) is 14. The molecule has 2 unspecified atom stereocenters. The second-order valence-corrected chi connectivity index (χ2v) is 11.2. The lowest BCUT2D eigenvalue weighted by Crippen LogP contribution is -2.53. The quantitative estimate of drug-likeness (QED) is 0.308. The van der Waals surface area contributed by atoms with E-state index in [2.05, 4.69) is 15.0 Å². The largest absolute Gasteiger partial charge is 0.809 e. The molecule has 2 aromatic rings. The molecule has 0 aliphatic heterocycles. The van der Waals surface area contributed by atoms with Gasteiger partial charge in [-0.25, -0.2) is 19.6 Å². The lowest BCUT2D eigenvalue weighted by Gasteiger charge is -2.49. The Morgan fingerprint density at radius 1 is 1.16 bits per heavy atom. The van der Waals surface area contributed by atoms with Crippen LogP contribution in [0.1, 0.15) is 41.0 Å². The van der Waals surface area contributed by atoms with Crippen LogP contribution in [0.25, 0.3) is 11.2 Å². The maximum Gasteiger partial charge on any atom is 0.508 e. The smallest absolute Gasteiger partial charge is 0.508 e. The topological polar surface area (TPSA) is 213 Å². The number of aromatic nitrogens is 4. The van der Waals surface area contributed by atoms with E-state index in [1.165, 1.54) is 12.5 Å². The van der Waals surface area contributed by atoms with E-state index in [-0.39, 0.29) is 18.4 Å². The molecule has 1 fully saturated rings. The molecule has 0 amide bonds. The second-order valence-electron chi connectivity index (χ2n) is 9.44. The first-order chi connectivity index (χ1) is 17.2. The number of carbonyl (C=O) groups is 2. The Balaban J connectivity index is 1.93. The number of imidazole rings is 1. The number of fused-ring (bicyclic) bond motifs is 1. The summed E-state index contributed by atoms with van der Waals surface area (Å²) in [5, 5.41) is -2.78. The summed E-state index contributed by atoms with van der Waals surface area (Å²) in [7, 11) is -5.77. The van der Waals surface area contributed by atoms with Gasteiger partial charge in [-0.2, -0.15) is 4.98 Å². The van der Waals surface area contributed by atoms with Crippen LogP contribution in [0.3, 0.4) is 0 Å². The first kappa shape index (κ1) is 28.6. The Morgan fingerprint density at radius 3 is 2.16 bits per heavy atom. The van der Waals surface area contributed by atoms with Gasteiger partial charge in [0.05, 0.1) is 36.9 Å². The van der Waals surface area contributed by atoms with Gasteiger partial charge in [-0.15, -0.1) is 0 Å². The molecule has 2 N–H and O–H groups in total. The third-order valence-electron chi connectivity index (χ3n) is 5.59. The molecule has 16 heteroatoms. The van der Waals surface area contributed by atoms with Gasteiger partial charge in [0.1, 0.15) is 18.7 Å². The number of hydrogen-bond donors (Lipinski definition) is 1. The summed E-state index contributed by atoms with van der Waals surface area (Å²) >= 11 is 0. The van der Waals surface area contributed by atoms with Crippen LogP contribution in [-0.4, -0.2) is 68.2 Å². The summed E-state index contributed by atoms with van der Waals surface area (Å²) in [6, 6.07) is 0. The molecule has 1 aliphatic rings. The molecule has 0 radical (unpaired) electrons. The number of carbonyl (C=O) groups excluding carboxylic acids is 2. The molecule has 206 valence electrons. The van der Waals surface area contributed by atoms with Crippen molar-refractivity contribution in [3.63, 3.8) is 0 Å². The summed E-state index contributed by atoms with van der Waals surface area (Å²) in [5.41, 5.74) is 5.24. The van der Waals surface area contributed by atoms with Crippen molar-refractivity contribution in [1.29, 1.82) is 0 Å². The molecule has 15 nitrogen and oxygen atoms in total. The number of anilines is 1. The molecule has 0 bridgehead atoms. The molecule has 2 heterocycles. The lowest BCUT2D eigenvalue weighted by molar-refractivity contribution is -0.339. The Bertz CT molecular complexity index is 1160.